The second kappa shape index (κ2) is 5.84. The summed E-state index contributed by atoms with van der Waals surface area (Å²) < 4.78 is 33.6. The Hall–Kier alpha value is -2.31. The van der Waals surface area contributed by atoms with Crippen molar-refractivity contribution < 1.29 is 13.2 Å². The number of nitrogens with zero attached hydrogens (tertiary/aromatic N) is 2. The first-order valence-electron chi connectivity index (χ1n) is 9.36. The van der Waals surface area contributed by atoms with E-state index in [1.807, 2.05) is 30.3 Å². The standard InChI is InChI=1S/C21H22N2O3S/c1-3-22-11-10-14(13-22)20-17-12-15(26-2)8-9-18(17)23-21(20)16-6-4-5-7-19(16)27(23,24)25/h4-9,12,14H,3,10-11,13H2,1-2H3/t14-/m1/s1. The van der Waals surface area contributed by atoms with Gasteiger partial charge in [0.1, 0.15) is 5.75 Å². The van der Waals surface area contributed by atoms with Crippen LogP contribution in [0.4, 0.5) is 0 Å². The molecule has 0 spiro atoms. The Bertz CT molecular complexity index is 1160. The molecule has 3 heterocycles. The molecule has 27 heavy (non-hydrogen) atoms. The molecule has 0 radical (unpaired) electrons. The van der Waals surface area contributed by atoms with E-state index in [0.717, 1.165) is 59.5 Å². The highest BCUT2D eigenvalue weighted by Crippen LogP contribution is 2.49. The molecule has 1 fully saturated rings. The Morgan fingerprint density at radius 1 is 1.19 bits per heavy atom. The van der Waals surface area contributed by atoms with Crippen LogP contribution in [0.3, 0.4) is 0 Å². The van der Waals surface area contributed by atoms with Crippen LogP contribution >= 0.6 is 0 Å². The average molecular weight is 382 g/mol. The van der Waals surface area contributed by atoms with Gasteiger partial charge in [0.15, 0.2) is 0 Å². The van der Waals surface area contributed by atoms with Crippen molar-refractivity contribution in [1.29, 1.82) is 0 Å². The number of methoxy groups -OCH3 is 1. The van der Waals surface area contributed by atoms with E-state index >= 15 is 0 Å². The molecule has 2 aliphatic rings. The number of likely N-dealkylation sites (tertiary alicyclic amines) is 1. The molecule has 2 aliphatic heterocycles. The van der Waals surface area contributed by atoms with E-state index in [2.05, 4.69) is 11.8 Å². The van der Waals surface area contributed by atoms with Crippen molar-refractivity contribution in [3.63, 3.8) is 0 Å². The third kappa shape index (κ3) is 2.23. The van der Waals surface area contributed by atoms with E-state index in [9.17, 15) is 8.42 Å². The van der Waals surface area contributed by atoms with Crippen LogP contribution in [0, 0.1) is 0 Å². The first-order chi connectivity index (χ1) is 13.1. The third-order valence-electron chi connectivity index (χ3n) is 5.96. The van der Waals surface area contributed by atoms with E-state index < -0.39 is 10.0 Å². The molecule has 2 aromatic carbocycles. The smallest absolute Gasteiger partial charge is 0.269 e. The van der Waals surface area contributed by atoms with E-state index in [0.29, 0.717) is 10.8 Å². The Morgan fingerprint density at radius 2 is 2.00 bits per heavy atom. The van der Waals surface area contributed by atoms with Crippen LogP contribution in [0.2, 0.25) is 0 Å². The van der Waals surface area contributed by atoms with Crippen molar-refractivity contribution >= 4 is 20.9 Å². The van der Waals surface area contributed by atoms with Crippen LogP contribution in [-0.4, -0.2) is 44.0 Å². The maximum Gasteiger partial charge on any atom is 0.269 e. The van der Waals surface area contributed by atoms with Crippen LogP contribution in [0.1, 0.15) is 24.8 Å². The van der Waals surface area contributed by atoms with Crippen molar-refractivity contribution in [2.24, 2.45) is 0 Å². The number of rotatable bonds is 3. The van der Waals surface area contributed by atoms with Crippen LogP contribution < -0.4 is 4.74 Å². The molecule has 1 atom stereocenters. The molecule has 0 N–H and O–H groups in total. The van der Waals surface area contributed by atoms with E-state index in [1.54, 1.807) is 23.2 Å². The first kappa shape index (κ1) is 16.8. The molecular formula is C21H22N2O3S. The molecular weight excluding hydrogens is 360 g/mol. The monoisotopic (exact) mass is 382 g/mol. The van der Waals surface area contributed by atoms with Gasteiger partial charge in [-0.25, -0.2) is 12.4 Å². The van der Waals surface area contributed by atoms with Crippen molar-refractivity contribution in [1.82, 2.24) is 8.87 Å². The number of benzene rings is 2. The fourth-order valence-corrected chi connectivity index (χ4v) is 6.40. The molecule has 0 bridgehead atoms. The SMILES string of the molecule is CCN1CC[C@@H](c2c3n(c4ccc(OC)cc24)S(=O)(=O)c2ccccc2-3)C1. The normalized spacial score (nSPS) is 20.7. The third-order valence-corrected chi connectivity index (χ3v) is 7.73. The molecule has 3 aromatic rings. The van der Waals surface area contributed by atoms with Gasteiger partial charge < -0.3 is 9.64 Å². The van der Waals surface area contributed by atoms with Crippen LogP contribution in [0.5, 0.6) is 5.75 Å². The van der Waals surface area contributed by atoms with Gasteiger partial charge in [0.2, 0.25) is 0 Å². The molecule has 0 aliphatic carbocycles. The van der Waals surface area contributed by atoms with Gasteiger partial charge in [0.25, 0.3) is 10.0 Å². The highest BCUT2D eigenvalue weighted by atomic mass is 32.2. The van der Waals surface area contributed by atoms with Gasteiger partial charge >= 0.3 is 0 Å². The molecule has 1 aromatic heterocycles. The molecule has 5 nitrogen and oxygen atoms in total. The summed E-state index contributed by atoms with van der Waals surface area (Å²) in [6.45, 7) is 5.20. The van der Waals surface area contributed by atoms with Gasteiger partial charge in [0.05, 0.1) is 23.2 Å². The number of fused-ring (bicyclic) bond motifs is 5. The summed E-state index contributed by atoms with van der Waals surface area (Å²) in [6.07, 6.45) is 1.04. The molecule has 0 saturated carbocycles. The zero-order valence-electron chi connectivity index (χ0n) is 15.5. The lowest BCUT2D eigenvalue weighted by atomic mass is 9.92. The van der Waals surface area contributed by atoms with E-state index in [4.69, 9.17) is 4.74 Å². The summed E-state index contributed by atoms with van der Waals surface area (Å²) in [4.78, 5) is 2.83. The quantitative estimate of drug-likeness (QED) is 0.542. The van der Waals surface area contributed by atoms with Gasteiger partial charge in [-0.2, -0.15) is 0 Å². The van der Waals surface area contributed by atoms with Crippen LogP contribution in [0.15, 0.2) is 47.4 Å². The minimum Gasteiger partial charge on any atom is -0.497 e. The Morgan fingerprint density at radius 3 is 2.74 bits per heavy atom. The zero-order valence-corrected chi connectivity index (χ0v) is 16.3. The molecule has 0 unspecified atom stereocenters. The van der Waals surface area contributed by atoms with Crippen LogP contribution in [-0.2, 0) is 10.0 Å². The lowest BCUT2D eigenvalue weighted by Crippen LogP contribution is -2.19. The number of ether oxygens (including phenoxy) is 1. The minimum atomic E-state index is -3.58. The van der Waals surface area contributed by atoms with E-state index in [1.165, 1.54) is 0 Å². The van der Waals surface area contributed by atoms with Gasteiger partial charge in [-0.1, -0.05) is 25.1 Å². The highest BCUT2D eigenvalue weighted by molar-refractivity contribution is 7.90. The average Bonchev–Trinajstić information content (AvgIpc) is 3.34. The number of likely N-dealkylation sites (N-methyl/N-ethyl adjacent to an activating group) is 1. The van der Waals surface area contributed by atoms with Gasteiger partial charge in [-0.3, -0.25) is 0 Å². The summed E-state index contributed by atoms with van der Waals surface area (Å²) in [5.41, 5.74) is 3.55. The predicted octanol–water partition coefficient (Wildman–Crippen LogP) is 3.68. The number of aromatic nitrogens is 1. The summed E-state index contributed by atoms with van der Waals surface area (Å²) in [5, 5.41) is 0.991. The highest BCUT2D eigenvalue weighted by Gasteiger charge is 2.39. The summed E-state index contributed by atoms with van der Waals surface area (Å²) >= 11 is 0. The lowest BCUT2D eigenvalue weighted by molar-refractivity contribution is 0.354. The zero-order chi connectivity index (χ0) is 18.8. The molecule has 5 rings (SSSR count). The first-order valence-corrected chi connectivity index (χ1v) is 10.8. The van der Waals surface area contributed by atoms with Crippen molar-refractivity contribution in [3.8, 4) is 17.0 Å². The predicted molar refractivity (Wildman–Crippen MR) is 106 cm³/mol. The van der Waals surface area contributed by atoms with Crippen molar-refractivity contribution in [2.75, 3.05) is 26.7 Å². The molecule has 140 valence electrons. The van der Waals surface area contributed by atoms with Crippen molar-refractivity contribution in [3.05, 3.63) is 48.0 Å². The lowest BCUT2D eigenvalue weighted by Gasteiger charge is -2.14. The minimum absolute atomic E-state index is 0.317. The molecule has 0 amide bonds. The Balaban J connectivity index is 1.87. The molecule has 6 heteroatoms. The Labute approximate surface area is 159 Å². The van der Waals surface area contributed by atoms with Gasteiger partial charge in [-0.05, 0) is 49.3 Å². The summed E-state index contributed by atoms with van der Waals surface area (Å²) in [5.74, 6) is 1.07. The maximum absolute atomic E-state index is 13.3. The second-order valence-electron chi connectivity index (χ2n) is 7.29. The number of hydrogen-bond acceptors (Lipinski definition) is 4. The van der Waals surface area contributed by atoms with Crippen LogP contribution in [0.25, 0.3) is 22.2 Å². The fraction of sp³-hybridized carbons (Fsp3) is 0.333. The second-order valence-corrected chi connectivity index (χ2v) is 9.04. The van der Waals surface area contributed by atoms with Gasteiger partial charge in [-0.15, -0.1) is 0 Å². The largest absolute Gasteiger partial charge is 0.497 e. The summed E-state index contributed by atoms with van der Waals surface area (Å²) in [6, 6.07) is 13.0. The summed E-state index contributed by atoms with van der Waals surface area (Å²) in [7, 11) is -1.93. The van der Waals surface area contributed by atoms with Crippen molar-refractivity contribution in [2.45, 2.75) is 24.2 Å². The maximum atomic E-state index is 13.3. The fourth-order valence-electron chi connectivity index (χ4n) is 4.65. The topological polar surface area (TPSA) is 51.5 Å². The van der Waals surface area contributed by atoms with Gasteiger partial charge in [0, 0.05) is 23.4 Å². The molecule has 1 saturated heterocycles. The number of hydrogen-bond donors (Lipinski definition) is 0. The van der Waals surface area contributed by atoms with E-state index in [-0.39, 0.29) is 0 Å². The Kier molecular flexibility index (Phi) is 3.64.